The van der Waals surface area contributed by atoms with Crippen LogP contribution in [0.25, 0.3) is 22.3 Å². The molecule has 18 nitrogen and oxygen atoms in total. The summed E-state index contributed by atoms with van der Waals surface area (Å²) in [5.41, 5.74) is 12.3. The number of hydrogen-bond acceptors (Lipinski definition) is 16. The molecule has 3 aliphatic rings. The second kappa shape index (κ2) is 10.9. The first kappa shape index (κ1) is 29.9. The number of alkyl halides is 2. The molecule has 7 rings (SSSR count). The smallest absolute Gasteiger partial charge is 0.325 e. The molecule has 0 saturated carbocycles. The van der Waals surface area contributed by atoms with Gasteiger partial charge in [-0.15, -0.1) is 0 Å². The maximum atomic E-state index is 16.0. The first-order valence-electron chi connectivity index (χ1n) is 12.7. The Kier molecular flexibility index (Phi) is 7.43. The highest BCUT2D eigenvalue weighted by Crippen LogP contribution is 2.54. The van der Waals surface area contributed by atoms with Crippen molar-refractivity contribution in [3.05, 3.63) is 25.3 Å². The summed E-state index contributed by atoms with van der Waals surface area (Å²) in [6, 6.07) is 0. The SMILES string of the molecule is [B][P@]1(=O)OC[C@H]2O[C@@H](n3cnc4c(N)ncnc43)C(F)C2OP(O)(=S)OC[C@H]2O[C@@H](n3cnc4c(N)ncnc43)C(F)C2O1. The molecule has 0 aromatic carbocycles. The van der Waals surface area contributed by atoms with Crippen LogP contribution in [0.2, 0.25) is 0 Å². The number of fused-ring (bicyclic) bond motifs is 4. The Labute approximate surface area is 251 Å². The molecule has 7 heterocycles. The van der Waals surface area contributed by atoms with Crippen LogP contribution in [0.3, 0.4) is 0 Å². The Bertz CT molecular complexity index is 1710. The molecule has 0 amide bonds. The lowest BCUT2D eigenvalue weighted by Crippen LogP contribution is -2.37. The van der Waals surface area contributed by atoms with Crippen LogP contribution in [0, 0.1) is 0 Å². The number of halogens is 2. The molecule has 232 valence electrons. The van der Waals surface area contributed by atoms with Crippen LogP contribution in [0.5, 0.6) is 0 Å². The Balaban J connectivity index is 1.17. The monoisotopic (exact) mass is 672 g/mol. The molecule has 5 unspecified atom stereocenters. The number of imidazole rings is 2. The van der Waals surface area contributed by atoms with Crippen molar-refractivity contribution in [3.8, 4) is 0 Å². The van der Waals surface area contributed by atoms with Crippen molar-refractivity contribution in [3.63, 3.8) is 0 Å². The van der Waals surface area contributed by atoms with E-state index >= 15 is 8.78 Å². The molecular formula is C20H21BF2N10O8P2S. The highest BCUT2D eigenvalue weighted by atomic mass is 32.5. The van der Waals surface area contributed by atoms with Crippen molar-refractivity contribution in [2.24, 2.45) is 0 Å². The molecule has 3 saturated heterocycles. The highest BCUT2D eigenvalue weighted by Gasteiger charge is 2.53. The summed E-state index contributed by atoms with van der Waals surface area (Å²) in [5.74, 6) is 0.0968. The third kappa shape index (κ3) is 5.18. The van der Waals surface area contributed by atoms with Crippen LogP contribution >= 0.6 is 14.2 Å². The molecule has 4 aromatic rings. The van der Waals surface area contributed by atoms with Gasteiger partial charge in [0.05, 0.1) is 25.9 Å². The zero-order valence-electron chi connectivity index (χ0n) is 22.0. The fraction of sp³-hybridized carbons (Fsp3) is 0.500. The Morgan fingerprint density at radius 2 is 1.32 bits per heavy atom. The molecule has 3 aliphatic heterocycles. The van der Waals surface area contributed by atoms with E-state index in [4.69, 9.17) is 58.4 Å². The lowest BCUT2D eigenvalue weighted by molar-refractivity contribution is -0.0566. The summed E-state index contributed by atoms with van der Waals surface area (Å²) in [5, 5.41) is 0. The molecule has 10 atom stereocenters. The molecule has 0 aliphatic carbocycles. The Morgan fingerprint density at radius 3 is 1.84 bits per heavy atom. The van der Waals surface area contributed by atoms with E-state index in [1.807, 2.05) is 0 Å². The number of nitrogens with two attached hydrogens (primary N) is 2. The van der Waals surface area contributed by atoms with Gasteiger partial charge in [-0.1, -0.05) is 0 Å². The Morgan fingerprint density at radius 1 is 0.841 bits per heavy atom. The molecule has 5 N–H and O–H groups in total. The average Bonchev–Trinajstić information content (AvgIpc) is 3.73. The van der Waals surface area contributed by atoms with Gasteiger partial charge in [-0.05, 0) is 11.8 Å². The molecule has 2 radical (unpaired) electrons. The second-order valence-electron chi connectivity index (χ2n) is 9.92. The minimum absolute atomic E-state index is 0.0472. The topological polar surface area (TPSA) is 232 Å². The van der Waals surface area contributed by atoms with Crippen molar-refractivity contribution in [1.29, 1.82) is 0 Å². The largest absolute Gasteiger partial charge is 0.382 e. The van der Waals surface area contributed by atoms with Gasteiger partial charge >= 0.3 is 6.72 Å². The number of nitrogen functional groups attached to an aromatic ring is 2. The zero-order chi connectivity index (χ0) is 31.0. The molecule has 24 heteroatoms. The number of ether oxygens (including phenoxy) is 2. The van der Waals surface area contributed by atoms with Crippen molar-refractivity contribution >= 4 is 67.5 Å². The van der Waals surface area contributed by atoms with Crippen molar-refractivity contribution in [2.75, 3.05) is 24.7 Å². The maximum absolute atomic E-state index is 16.0. The summed E-state index contributed by atoms with van der Waals surface area (Å²) in [4.78, 5) is 34.9. The average molecular weight is 672 g/mol. The molecule has 0 bridgehead atoms. The highest BCUT2D eigenvalue weighted by molar-refractivity contribution is 8.07. The van der Waals surface area contributed by atoms with E-state index in [2.05, 4.69) is 29.9 Å². The third-order valence-corrected chi connectivity index (χ3v) is 9.81. The van der Waals surface area contributed by atoms with E-state index in [1.165, 1.54) is 21.8 Å². The maximum Gasteiger partial charge on any atom is 0.325 e. The van der Waals surface area contributed by atoms with Crippen molar-refractivity contribution in [2.45, 2.75) is 49.2 Å². The van der Waals surface area contributed by atoms with Crippen LogP contribution in [-0.4, -0.2) is 101 Å². The number of aromatic nitrogens is 8. The van der Waals surface area contributed by atoms with Gasteiger partial charge in [0.25, 0.3) is 7.47 Å². The van der Waals surface area contributed by atoms with E-state index in [-0.39, 0.29) is 34.0 Å². The van der Waals surface area contributed by atoms with Crippen LogP contribution in [0.1, 0.15) is 12.5 Å². The fourth-order valence-corrected chi connectivity index (χ4v) is 7.64. The number of anilines is 2. The summed E-state index contributed by atoms with van der Waals surface area (Å²) in [6.45, 7) is -5.58. The van der Waals surface area contributed by atoms with Gasteiger partial charge in [-0.3, -0.25) is 18.2 Å². The van der Waals surface area contributed by atoms with Crippen LogP contribution in [-0.2, 0) is 43.9 Å². The third-order valence-electron chi connectivity index (χ3n) is 7.20. The van der Waals surface area contributed by atoms with Gasteiger partial charge in [0.1, 0.15) is 48.1 Å². The van der Waals surface area contributed by atoms with Crippen LogP contribution < -0.4 is 11.5 Å². The summed E-state index contributed by atoms with van der Waals surface area (Å²) in [7, 11) is 1.26. The molecule has 0 spiro atoms. The van der Waals surface area contributed by atoms with E-state index in [0.29, 0.717) is 0 Å². The second-order valence-corrected chi connectivity index (χ2v) is 14.3. The van der Waals surface area contributed by atoms with Crippen LogP contribution in [0.4, 0.5) is 20.4 Å². The number of nitrogens with zero attached hydrogens (tertiary/aromatic N) is 8. The van der Waals surface area contributed by atoms with Gasteiger partial charge in [0.15, 0.2) is 47.7 Å². The van der Waals surface area contributed by atoms with E-state index in [9.17, 15) is 9.46 Å². The predicted molar refractivity (Wildman–Crippen MR) is 149 cm³/mol. The lowest BCUT2D eigenvalue weighted by atomic mass is 10.1. The standard InChI is InChI=1S/C20H21BF2N10O8P2S/c21-42(34)36-1-7-14(10(23)20(38-7)33-6-31-12-16(25)27-4-29-18(12)33)41-43(35,44)37-2-8-13(40-42)9(22)19(39-8)32-5-30-11-15(24)26-3-28-17(11)32/h3-10,13-14,19-20H,1-2H2,(H,35,44)(H2,24,26,28)(H2,25,27,29)/t7-,8-,9?,10?,13?,14?,19-,20-,42+,43?/m1/s1. The van der Waals surface area contributed by atoms with Gasteiger partial charge < -0.3 is 39.4 Å². The van der Waals surface area contributed by atoms with Gasteiger partial charge in [0.2, 0.25) is 7.57 Å². The molecule has 4 aromatic heterocycles. The molecule has 44 heavy (non-hydrogen) atoms. The minimum Gasteiger partial charge on any atom is -0.382 e. The van der Waals surface area contributed by atoms with Gasteiger partial charge in [-0.2, -0.15) is 0 Å². The predicted octanol–water partition coefficient (Wildman–Crippen LogP) is 0.612. The number of hydrogen-bond donors (Lipinski definition) is 3. The van der Waals surface area contributed by atoms with E-state index in [0.717, 1.165) is 12.7 Å². The van der Waals surface area contributed by atoms with E-state index in [1.54, 1.807) is 0 Å². The first-order chi connectivity index (χ1) is 20.9. The molecule has 3 fully saturated rings. The minimum atomic E-state index is -4.57. The summed E-state index contributed by atoms with van der Waals surface area (Å²) in [6.07, 6.45) is -8.19. The quantitative estimate of drug-likeness (QED) is 0.196. The summed E-state index contributed by atoms with van der Waals surface area (Å²) < 4.78 is 81.0. The first-order valence-corrected chi connectivity index (χ1v) is 16.9. The normalized spacial score (nSPS) is 38.2. The summed E-state index contributed by atoms with van der Waals surface area (Å²) >= 11 is 5.14. The van der Waals surface area contributed by atoms with E-state index < -0.39 is 76.6 Å². The van der Waals surface area contributed by atoms with Crippen LogP contribution in [0.15, 0.2) is 25.3 Å². The van der Waals surface area contributed by atoms with Gasteiger partial charge in [-0.25, -0.2) is 38.7 Å². The van der Waals surface area contributed by atoms with Crippen molar-refractivity contribution in [1.82, 2.24) is 39.0 Å². The van der Waals surface area contributed by atoms with Crippen molar-refractivity contribution < 1.29 is 45.8 Å². The zero-order valence-corrected chi connectivity index (χ0v) is 24.6. The molecular weight excluding hydrogens is 651 g/mol. The Hall–Kier alpha value is -2.78. The number of rotatable bonds is 2. The lowest BCUT2D eigenvalue weighted by Gasteiger charge is -2.29. The van der Waals surface area contributed by atoms with Gasteiger partial charge in [0, 0.05) is 0 Å². The fourth-order valence-electron chi connectivity index (χ4n) is 5.20.